The van der Waals surface area contributed by atoms with Gasteiger partial charge in [0, 0.05) is 6.54 Å². The van der Waals surface area contributed by atoms with Crippen LogP contribution in [0.1, 0.15) is 26.7 Å². The SMILES string of the molecule is CCN(CC1CC1)C(C)C(=O)O. The van der Waals surface area contributed by atoms with E-state index in [-0.39, 0.29) is 6.04 Å². The summed E-state index contributed by atoms with van der Waals surface area (Å²) in [7, 11) is 0. The number of hydrogen-bond acceptors (Lipinski definition) is 2. The zero-order chi connectivity index (χ0) is 9.14. The second-order valence-corrected chi connectivity index (χ2v) is 3.55. The van der Waals surface area contributed by atoms with Crippen LogP contribution in [0.25, 0.3) is 0 Å². The Morgan fingerprint density at radius 1 is 1.67 bits per heavy atom. The smallest absolute Gasteiger partial charge is 0.320 e. The van der Waals surface area contributed by atoms with E-state index in [4.69, 9.17) is 5.11 Å². The van der Waals surface area contributed by atoms with Crippen LogP contribution < -0.4 is 0 Å². The second-order valence-electron chi connectivity index (χ2n) is 3.55. The Labute approximate surface area is 73.4 Å². The Kier molecular flexibility index (Phi) is 3.09. The quantitative estimate of drug-likeness (QED) is 0.675. The van der Waals surface area contributed by atoms with Crippen LogP contribution in [0.15, 0.2) is 0 Å². The molecule has 1 atom stereocenters. The Balaban J connectivity index is 2.36. The third-order valence-corrected chi connectivity index (χ3v) is 2.50. The maximum atomic E-state index is 10.7. The van der Waals surface area contributed by atoms with Crippen molar-refractivity contribution in [1.82, 2.24) is 4.90 Å². The predicted molar refractivity (Wildman–Crippen MR) is 47.1 cm³/mol. The van der Waals surface area contributed by atoms with Crippen molar-refractivity contribution in [3.63, 3.8) is 0 Å². The van der Waals surface area contributed by atoms with Gasteiger partial charge in [-0.2, -0.15) is 0 Å². The summed E-state index contributed by atoms with van der Waals surface area (Å²) in [5.41, 5.74) is 0. The molecule has 0 amide bonds. The van der Waals surface area contributed by atoms with Gasteiger partial charge in [0.2, 0.25) is 0 Å². The molecule has 0 radical (unpaired) electrons. The number of carbonyl (C=O) groups is 1. The number of hydrogen-bond donors (Lipinski definition) is 1. The van der Waals surface area contributed by atoms with E-state index in [0.717, 1.165) is 19.0 Å². The largest absolute Gasteiger partial charge is 0.480 e. The van der Waals surface area contributed by atoms with Crippen LogP contribution in [-0.4, -0.2) is 35.1 Å². The minimum Gasteiger partial charge on any atom is -0.480 e. The van der Waals surface area contributed by atoms with Crippen molar-refractivity contribution in [2.45, 2.75) is 32.7 Å². The van der Waals surface area contributed by atoms with Crippen LogP contribution in [-0.2, 0) is 4.79 Å². The molecule has 1 fully saturated rings. The van der Waals surface area contributed by atoms with E-state index in [1.54, 1.807) is 6.92 Å². The number of rotatable bonds is 5. The molecule has 12 heavy (non-hydrogen) atoms. The van der Waals surface area contributed by atoms with Crippen LogP contribution in [0.2, 0.25) is 0 Å². The third kappa shape index (κ3) is 2.48. The van der Waals surface area contributed by atoms with Crippen LogP contribution >= 0.6 is 0 Å². The molecular formula is C9H17NO2. The average molecular weight is 171 g/mol. The number of aliphatic carboxylic acids is 1. The summed E-state index contributed by atoms with van der Waals surface area (Å²) in [5.74, 6) is 0.0595. The van der Waals surface area contributed by atoms with E-state index in [0.29, 0.717) is 0 Å². The topological polar surface area (TPSA) is 40.5 Å². The van der Waals surface area contributed by atoms with Crippen LogP contribution in [0.5, 0.6) is 0 Å². The minimum atomic E-state index is -0.711. The maximum absolute atomic E-state index is 10.7. The van der Waals surface area contributed by atoms with Crippen molar-refractivity contribution in [2.75, 3.05) is 13.1 Å². The predicted octanol–water partition coefficient (Wildman–Crippen LogP) is 1.19. The van der Waals surface area contributed by atoms with Crippen molar-refractivity contribution in [2.24, 2.45) is 5.92 Å². The Morgan fingerprint density at radius 2 is 2.25 bits per heavy atom. The fraction of sp³-hybridized carbons (Fsp3) is 0.889. The van der Waals surface area contributed by atoms with Gasteiger partial charge < -0.3 is 5.11 Å². The van der Waals surface area contributed by atoms with Gasteiger partial charge in [0.15, 0.2) is 0 Å². The first-order valence-corrected chi connectivity index (χ1v) is 4.62. The van der Waals surface area contributed by atoms with Gasteiger partial charge in [-0.25, -0.2) is 0 Å². The number of nitrogens with zero attached hydrogens (tertiary/aromatic N) is 1. The lowest BCUT2D eigenvalue weighted by atomic mass is 10.2. The average Bonchev–Trinajstić information content (AvgIpc) is 2.82. The molecule has 0 spiro atoms. The summed E-state index contributed by atoms with van der Waals surface area (Å²) in [6.45, 7) is 5.57. The second kappa shape index (κ2) is 3.90. The Hall–Kier alpha value is -0.570. The molecular weight excluding hydrogens is 154 g/mol. The minimum absolute atomic E-state index is 0.324. The molecule has 0 aromatic carbocycles. The van der Waals surface area contributed by atoms with Crippen molar-refractivity contribution < 1.29 is 9.90 Å². The molecule has 3 nitrogen and oxygen atoms in total. The lowest BCUT2D eigenvalue weighted by molar-refractivity contribution is -0.142. The molecule has 3 heteroatoms. The lowest BCUT2D eigenvalue weighted by Crippen LogP contribution is -2.40. The zero-order valence-corrected chi connectivity index (χ0v) is 7.79. The molecule has 0 heterocycles. The number of carboxylic acid groups (broad SMARTS) is 1. The monoisotopic (exact) mass is 171 g/mol. The summed E-state index contributed by atoms with van der Waals surface area (Å²) >= 11 is 0. The molecule has 0 aliphatic heterocycles. The summed E-state index contributed by atoms with van der Waals surface area (Å²) in [6, 6.07) is -0.324. The first-order chi connectivity index (χ1) is 5.65. The van der Waals surface area contributed by atoms with E-state index >= 15 is 0 Å². The first-order valence-electron chi connectivity index (χ1n) is 4.62. The third-order valence-electron chi connectivity index (χ3n) is 2.50. The summed E-state index contributed by atoms with van der Waals surface area (Å²) in [6.07, 6.45) is 2.56. The summed E-state index contributed by atoms with van der Waals surface area (Å²) in [4.78, 5) is 12.7. The molecule has 1 rings (SSSR count). The number of likely N-dealkylation sites (N-methyl/N-ethyl adjacent to an activating group) is 1. The molecule has 0 bridgehead atoms. The van der Waals surface area contributed by atoms with Crippen LogP contribution in [0.4, 0.5) is 0 Å². The fourth-order valence-corrected chi connectivity index (χ4v) is 1.35. The molecule has 1 aliphatic carbocycles. The highest BCUT2D eigenvalue weighted by atomic mass is 16.4. The first kappa shape index (κ1) is 9.52. The van der Waals surface area contributed by atoms with Gasteiger partial charge in [-0.1, -0.05) is 6.92 Å². The molecule has 1 unspecified atom stereocenters. The van der Waals surface area contributed by atoms with E-state index in [2.05, 4.69) is 0 Å². The molecule has 1 N–H and O–H groups in total. The molecule has 1 aliphatic rings. The van der Waals surface area contributed by atoms with Gasteiger partial charge in [-0.15, -0.1) is 0 Å². The van der Waals surface area contributed by atoms with Crippen LogP contribution in [0, 0.1) is 5.92 Å². The van der Waals surface area contributed by atoms with E-state index in [9.17, 15) is 4.79 Å². The molecule has 70 valence electrons. The Bertz CT molecular complexity index is 166. The van der Waals surface area contributed by atoms with Crippen LogP contribution in [0.3, 0.4) is 0 Å². The van der Waals surface area contributed by atoms with Gasteiger partial charge in [0.05, 0.1) is 0 Å². The molecule has 0 aromatic heterocycles. The van der Waals surface area contributed by atoms with E-state index < -0.39 is 5.97 Å². The highest BCUT2D eigenvalue weighted by molar-refractivity contribution is 5.72. The number of carboxylic acids is 1. The van der Waals surface area contributed by atoms with Crippen molar-refractivity contribution in [3.8, 4) is 0 Å². The maximum Gasteiger partial charge on any atom is 0.320 e. The van der Waals surface area contributed by atoms with E-state index in [1.165, 1.54) is 12.8 Å². The van der Waals surface area contributed by atoms with Gasteiger partial charge in [0.1, 0.15) is 6.04 Å². The molecule has 0 aromatic rings. The van der Waals surface area contributed by atoms with E-state index in [1.807, 2.05) is 11.8 Å². The van der Waals surface area contributed by atoms with Gasteiger partial charge in [0.25, 0.3) is 0 Å². The zero-order valence-electron chi connectivity index (χ0n) is 7.79. The van der Waals surface area contributed by atoms with Gasteiger partial charge in [-0.3, -0.25) is 9.69 Å². The summed E-state index contributed by atoms with van der Waals surface area (Å²) < 4.78 is 0. The lowest BCUT2D eigenvalue weighted by Gasteiger charge is -2.24. The van der Waals surface area contributed by atoms with Crippen molar-refractivity contribution in [3.05, 3.63) is 0 Å². The molecule has 1 saturated carbocycles. The standard InChI is InChI=1S/C9H17NO2/c1-3-10(6-8-4-5-8)7(2)9(11)12/h7-8H,3-6H2,1-2H3,(H,11,12). The molecule has 0 saturated heterocycles. The summed E-state index contributed by atoms with van der Waals surface area (Å²) in [5, 5.41) is 8.78. The fourth-order valence-electron chi connectivity index (χ4n) is 1.35. The Morgan fingerprint density at radius 3 is 2.58 bits per heavy atom. The van der Waals surface area contributed by atoms with Crippen molar-refractivity contribution in [1.29, 1.82) is 0 Å². The highest BCUT2D eigenvalue weighted by Crippen LogP contribution is 2.30. The van der Waals surface area contributed by atoms with Gasteiger partial charge >= 0.3 is 5.97 Å². The van der Waals surface area contributed by atoms with Crippen molar-refractivity contribution >= 4 is 5.97 Å². The normalized spacial score (nSPS) is 19.6. The highest BCUT2D eigenvalue weighted by Gasteiger charge is 2.27. The van der Waals surface area contributed by atoms with Gasteiger partial charge in [-0.05, 0) is 32.2 Å².